The summed E-state index contributed by atoms with van der Waals surface area (Å²) in [4.78, 5) is 0.797. The SMILES string of the molecule is C=C(S)c1cc(C)c2c(c1)C(=C)CC2=C. The van der Waals surface area contributed by atoms with Crippen LogP contribution in [0.3, 0.4) is 0 Å². The minimum Gasteiger partial charge on any atom is -0.143 e. The van der Waals surface area contributed by atoms with Gasteiger partial charge < -0.3 is 0 Å². The molecule has 0 nitrogen and oxygen atoms in total. The first kappa shape index (κ1) is 10.3. The molecule has 0 N–H and O–H groups in total. The summed E-state index contributed by atoms with van der Waals surface area (Å²) in [5.74, 6) is 0. The maximum absolute atomic E-state index is 4.28. The van der Waals surface area contributed by atoms with Crippen molar-refractivity contribution in [2.24, 2.45) is 0 Å². The highest BCUT2D eigenvalue weighted by molar-refractivity contribution is 7.90. The topological polar surface area (TPSA) is 0 Å². The fourth-order valence-electron chi connectivity index (χ4n) is 2.14. The van der Waals surface area contributed by atoms with Crippen LogP contribution in [-0.2, 0) is 0 Å². The number of fused-ring (bicyclic) bond motifs is 1. The molecule has 0 spiro atoms. The van der Waals surface area contributed by atoms with Gasteiger partial charge in [-0.2, -0.15) is 0 Å². The summed E-state index contributed by atoms with van der Waals surface area (Å²) in [6, 6.07) is 4.22. The molecule has 0 fully saturated rings. The summed E-state index contributed by atoms with van der Waals surface area (Å²) >= 11 is 4.28. The molecule has 0 amide bonds. The molecular formula is C14H14S. The first-order valence-corrected chi connectivity index (χ1v) is 5.34. The normalized spacial score (nSPS) is 14.3. The zero-order valence-electron chi connectivity index (χ0n) is 8.93. The van der Waals surface area contributed by atoms with Crippen molar-refractivity contribution in [3.63, 3.8) is 0 Å². The molecule has 0 saturated heterocycles. The van der Waals surface area contributed by atoms with Crippen molar-refractivity contribution in [2.75, 3.05) is 0 Å². The number of allylic oxidation sites excluding steroid dienone is 2. The van der Waals surface area contributed by atoms with E-state index in [1.54, 1.807) is 0 Å². The van der Waals surface area contributed by atoms with Crippen LogP contribution in [0.15, 0.2) is 31.9 Å². The molecule has 0 radical (unpaired) electrons. The number of hydrogen-bond acceptors (Lipinski definition) is 1. The van der Waals surface area contributed by atoms with Gasteiger partial charge >= 0.3 is 0 Å². The summed E-state index contributed by atoms with van der Waals surface area (Å²) in [5, 5.41) is 0. The molecule has 0 bridgehead atoms. The molecule has 1 heteroatoms. The van der Waals surface area contributed by atoms with Crippen LogP contribution in [0.5, 0.6) is 0 Å². The van der Waals surface area contributed by atoms with E-state index in [1.807, 2.05) is 0 Å². The van der Waals surface area contributed by atoms with Crippen molar-refractivity contribution in [3.05, 3.63) is 54.1 Å². The highest BCUT2D eigenvalue weighted by atomic mass is 32.1. The van der Waals surface area contributed by atoms with Gasteiger partial charge in [0.25, 0.3) is 0 Å². The molecule has 1 aromatic carbocycles. The van der Waals surface area contributed by atoms with Crippen molar-refractivity contribution in [2.45, 2.75) is 13.3 Å². The van der Waals surface area contributed by atoms with E-state index in [0.717, 1.165) is 22.5 Å². The van der Waals surface area contributed by atoms with Crippen LogP contribution in [0.4, 0.5) is 0 Å². The standard InChI is InChI=1S/C14H14S/c1-8-5-9(2)14-10(3)6-12(11(4)15)7-13(8)14/h6-7,15H,1-2,4-5H2,3H3. The molecule has 0 unspecified atom stereocenters. The van der Waals surface area contributed by atoms with Crippen LogP contribution in [0.1, 0.15) is 28.7 Å². The second-order valence-electron chi connectivity index (χ2n) is 4.05. The van der Waals surface area contributed by atoms with Crippen molar-refractivity contribution in [1.82, 2.24) is 0 Å². The van der Waals surface area contributed by atoms with E-state index in [2.05, 4.69) is 51.4 Å². The van der Waals surface area contributed by atoms with Crippen LogP contribution < -0.4 is 0 Å². The fourth-order valence-corrected chi connectivity index (χ4v) is 2.27. The molecule has 1 aromatic rings. The van der Waals surface area contributed by atoms with Crippen molar-refractivity contribution in [3.8, 4) is 0 Å². The lowest BCUT2D eigenvalue weighted by Gasteiger charge is -2.08. The Balaban J connectivity index is 2.71. The Hall–Kier alpha value is -1.21. The molecule has 76 valence electrons. The fraction of sp³-hybridized carbons (Fsp3) is 0.143. The zero-order chi connectivity index (χ0) is 11.2. The van der Waals surface area contributed by atoms with Gasteiger partial charge in [-0.1, -0.05) is 25.8 Å². The lowest BCUT2D eigenvalue weighted by Crippen LogP contribution is -1.89. The van der Waals surface area contributed by atoms with Crippen molar-refractivity contribution in [1.29, 1.82) is 0 Å². The number of benzene rings is 1. The van der Waals surface area contributed by atoms with Gasteiger partial charge in [0.2, 0.25) is 0 Å². The summed E-state index contributed by atoms with van der Waals surface area (Å²) < 4.78 is 0. The molecule has 2 rings (SSSR count). The Morgan fingerprint density at radius 1 is 1.27 bits per heavy atom. The molecule has 0 saturated carbocycles. The second-order valence-corrected chi connectivity index (χ2v) is 4.59. The average Bonchev–Trinajstić information content (AvgIpc) is 2.42. The Labute approximate surface area is 96.4 Å². The van der Waals surface area contributed by atoms with Crippen molar-refractivity contribution < 1.29 is 0 Å². The van der Waals surface area contributed by atoms with E-state index < -0.39 is 0 Å². The zero-order valence-corrected chi connectivity index (χ0v) is 9.82. The third kappa shape index (κ3) is 1.57. The van der Waals surface area contributed by atoms with E-state index in [4.69, 9.17) is 0 Å². The van der Waals surface area contributed by atoms with E-state index in [9.17, 15) is 0 Å². The maximum Gasteiger partial charge on any atom is 0.00408 e. The molecule has 0 heterocycles. The molecule has 15 heavy (non-hydrogen) atoms. The van der Waals surface area contributed by atoms with Crippen LogP contribution in [0.25, 0.3) is 16.1 Å². The monoisotopic (exact) mass is 214 g/mol. The van der Waals surface area contributed by atoms with Gasteiger partial charge in [-0.15, -0.1) is 12.6 Å². The highest BCUT2D eigenvalue weighted by Crippen LogP contribution is 2.41. The summed E-state index contributed by atoms with van der Waals surface area (Å²) in [6.45, 7) is 14.1. The second kappa shape index (κ2) is 3.42. The van der Waals surface area contributed by atoms with E-state index in [1.165, 1.54) is 22.3 Å². The van der Waals surface area contributed by atoms with Gasteiger partial charge in [-0.3, -0.25) is 0 Å². The Morgan fingerprint density at radius 2 is 1.93 bits per heavy atom. The molecule has 1 aliphatic rings. The van der Waals surface area contributed by atoms with Crippen LogP contribution in [0.2, 0.25) is 0 Å². The molecule has 0 atom stereocenters. The van der Waals surface area contributed by atoms with Gasteiger partial charge in [0, 0.05) is 4.91 Å². The number of hydrogen-bond donors (Lipinski definition) is 1. The van der Waals surface area contributed by atoms with Crippen LogP contribution >= 0.6 is 12.6 Å². The molecule has 1 aliphatic carbocycles. The van der Waals surface area contributed by atoms with Gasteiger partial charge in [0.05, 0.1) is 0 Å². The predicted octanol–water partition coefficient (Wildman–Crippen LogP) is 4.33. The lowest BCUT2D eigenvalue weighted by molar-refractivity contribution is 1.41. The highest BCUT2D eigenvalue weighted by Gasteiger charge is 2.20. The van der Waals surface area contributed by atoms with E-state index in [0.29, 0.717) is 0 Å². The smallest absolute Gasteiger partial charge is 0.00408 e. The van der Waals surface area contributed by atoms with E-state index in [-0.39, 0.29) is 0 Å². The van der Waals surface area contributed by atoms with Gasteiger partial charge in [-0.25, -0.2) is 0 Å². The lowest BCUT2D eigenvalue weighted by atomic mass is 9.98. The average molecular weight is 214 g/mol. The minimum atomic E-state index is 0.797. The molecule has 0 aromatic heterocycles. The Morgan fingerprint density at radius 3 is 2.53 bits per heavy atom. The minimum absolute atomic E-state index is 0.797. The Kier molecular flexibility index (Phi) is 2.35. The number of aryl methyl sites for hydroxylation is 1. The van der Waals surface area contributed by atoms with Crippen molar-refractivity contribution >= 4 is 28.7 Å². The summed E-state index contributed by atoms with van der Waals surface area (Å²) in [6.07, 6.45) is 0.888. The predicted molar refractivity (Wildman–Crippen MR) is 71.9 cm³/mol. The van der Waals surface area contributed by atoms with E-state index >= 15 is 0 Å². The molecular weight excluding hydrogens is 200 g/mol. The van der Waals surface area contributed by atoms with Crippen LogP contribution in [0, 0.1) is 6.92 Å². The Bertz CT molecular complexity index is 492. The third-order valence-electron chi connectivity index (χ3n) is 2.83. The summed E-state index contributed by atoms with van der Waals surface area (Å²) in [7, 11) is 0. The number of rotatable bonds is 1. The first-order valence-electron chi connectivity index (χ1n) is 4.90. The number of thiol groups is 1. The quantitative estimate of drug-likeness (QED) is 0.661. The maximum atomic E-state index is 4.28. The van der Waals surface area contributed by atoms with Gasteiger partial charge in [0.15, 0.2) is 0 Å². The molecule has 0 aliphatic heterocycles. The van der Waals surface area contributed by atoms with Gasteiger partial charge in [-0.05, 0) is 52.8 Å². The van der Waals surface area contributed by atoms with Gasteiger partial charge in [0.1, 0.15) is 0 Å². The third-order valence-corrected chi connectivity index (χ3v) is 3.09. The van der Waals surface area contributed by atoms with Crippen LogP contribution in [-0.4, -0.2) is 0 Å². The largest absolute Gasteiger partial charge is 0.143 e. The summed E-state index contributed by atoms with van der Waals surface area (Å²) in [5.41, 5.74) is 7.11. The first-order chi connectivity index (χ1) is 7.00.